The SMILES string of the molecule is Cc1cc(=O)n(C2CCOCC2)[nH]1. The van der Waals surface area contributed by atoms with Crippen molar-refractivity contribution in [2.75, 3.05) is 13.2 Å². The number of aromatic amines is 1. The van der Waals surface area contributed by atoms with Crippen LogP contribution < -0.4 is 5.56 Å². The maximum atomic E-state index is 11.4. The fourth-order valence-electron chi connectivity index (χ4n) is 1.75. The molecule has 0 radical (unpaired) electrons. The molecule has 1 fully saturated rings. The highest BCUT2D eigenvalue weighted by molar-refractivity contribution is 4.97. The molecule has 0 atom stereocenters. The molecule has 1 N–H and O–H groups in total. The second-order valence-corrected chi connectivity index (χ2v) is 3.49. The molecule has 4 nitrogen and oxygen atoms in total. The van der Waals surface area contributed by atoms with Gasteiger partial charge in [0.25, 0.3) is 5.56 Å². The van der Waals surface area contributed by atoms with E-state index in [2.05, 4.69) is 5.10 Å². The number of hydrogen-bond donors (Lipinski definition) is 1. The second-order valence-electron chi connectivity index (χ2n) is 3.49. The van der Waals surface area contributed by atoms with Crippen LogP contribution in [0.25, 0.3) is 0 Å². The quantitative estimate of drug-likeness (QED) is 0.699. The zero-order chi connectivity index (χ0) is 9.26. The summed E-state index contributed by atoms with van der Waals surface area (Å²) in [7, 11) is 0. The smallest absolute Gasteiger partial charge is 0.266 e. The van der Waals surface area contributed by atoms with Gasteiger partial charge < -0.3 is 4.74 Å². The molecule has 2 heterocycles. The Bertz CT molecular complexity index is 334. The standard InChI is InChI=1S/C9H14N2O2/c1-7-6-9(12)11(10-7)8-2-4-13-5-3-8/h6,8,10H,2-5H2,1H3. The molecule has 0 aromatic carbocycles. The molecule has 72 valence electrons. The Labute approximate surface area is 76.5 Å². The molecule has 0 aliphatic carbocycles. The zero-order valence-electron chi connectivity index (χ0n) is 7.75. The maximum absolute atomic E-state index is 11.4. The third kappa shape index (κ3) is 1.67. The van der Waals surface area contributed by atoms with Gasteiger partial charge >= 0.3 is 0 Å². The molecular formula is C9H14N2O2. The molecule has 0 amide bonds. The van der Waals surface area contributed by atoms with Crippen molar-refractivity contribution in [2.24, 2.45) is 0 Å². The summed E-state index contributed by atoms with van der Waals surface area (Å²) >= 11 is 0. The molecule has 13 heavy (non-hydrogen) atoms. The number of rotatable bonds is 1. The lowest BCUT2D eigenvalue weighted by Gasteiger charge is -2.22. The normalized spacial score (nSPS) is 19.2. The lowest BCUT2D eigenvalue weighted by atomic mass is 10.1. The van der Waals surface area contributed by atoms with E-state index in [1.807, 2.05) is 6.92 Å². The van der Waals surface area contributed by atoms with Crippen molar-refractivity contribution in [2.45, 2.75) is 25.8 Å². The van der Waals surface area contributed by atoms with Crippen LogP contribution in [0.1, 0.15) is 24.6 Å². The lowest BCUT2D eigenvalue weighted by Crippen LogP contribution is -2.27. The molecule has 0 saturated carbocycles. The van der Waals surface area contributed by atoms with Gasteiger partial charge in [0.1, 0.15) is 0 Å². The predicted octanol–water partition coefficient (Wildman–Crippen LogP) is 0.836. The summed E-state index contributed by atoms with van der Waals surface area (Å²) in [5.74, 6) is 0. The highest BCUT2D eigenvalue weighted by Gasteiger charge is 2.17. The third-order valence-corrected chi connectivity index (χ3v) is 2.43. The molecule has 0 bridgehead atoms. The molecule has 1 saturated heterocycles. The highest BCUT2D eigenvalue weighted by Crippen LogP contribution is 2.17. The van der Waals surface area contributed by atoms with Crippen LogP contribution in [0.3, 0.4) is 0 Å². The number of nitrogens with zero attached hydrogens (tertiary/aromatic N) is 1. The molecule has 1 aromatic heterocycles. The van der Waals surface area contributed by atoms with Crippen molar-refractivity contribution >= 4 is 0 Å². The molecule has 0 spiro atoms. The van der Waals surface area contributed by atoms with E-state index in [1.54, 1.807) is 10.7 Å². The van der Waals surface area contributed by atoms with Gasteiger partial charge in [-0.3, -0.25) is 9.89 Å². The number of H-pyrrole nitrogens is 1. The average Bonchev–Trinajstić information content (AvgIpc) is 2.47. The first kappa shape index (κ1) is 8.56. The van der Waals surface area contributed by atoms with Crippen molar-refractivity contribution in [3.8, 4) is 0 Å². The van der Waals surface area contributed by atoms with Crippen LogP contribution in [-0.4, -0.2) is 23.0 Å². The van der Waals surface area contributed by atoms with E-state index in [0.29, 0.717) is 6.04 Å². The van der Waals surface area contributed by atoms with E-state index in [1.165, 1.54) is 0 Å². The van der Waals surface area contributed by atoms with Gasteiger partial charge in [0, 0.05) is 25.0 Å². The average molecular weight is 182 g/mol. The second kappa shape index (κ2) is 3.38. The number of aryl methyl sites for hydroxylation is 1. The van der Waals surface area contributed by atoms with E-state index in [-0.39, 0.29) is 5.56 Å². The van der Waals surface area contributed by atoms with Gasteiger partial charge in [-0.2, -0.15) is 0 Å². The van der Waals surface area contributed by atoms with Gasteiger partial charge in [0.2, 0.25) is 0 Å². The zero-order valence-corrected chi connectivity index (χ0v) is 7.75. The van der Waals surface area contributed by atoms with E-state index in [4.69, 9.17) is 4.74 Å². The molecule has 4 heteroatoms. The van der Waals surface area contributed by atoms with Gasteiger partial charge in [0.05, 0.1) is 6.04 Å². The van der Waals surface area contributed by atoms with Gasteiger partial charge in [-0.1, -0.05) is 0 Å². The summed E-state index contributed by atoms with van der Waals surface area (Å²) in [5.41, 5.74) is 1.00. The van der Waals surface area contributed by atoms with E-state index in [0.717, 1.165) is 31.7 Å². The van der Waals surface area contributed by atoms with Gasteiger partial charge in [0.15, 0.2) is 0 Å². The van der Waals surface area contributed by atoms with Crippen LogP contribution in [0, 0.1) is 6.92 Å². The van der Waals surface area contributed by atoms with Crippen molar-refractivity contribution in [1.82, 2.24) is 9.78 Å². The minimum absolute atomic E-state index is 0.0735. The van der Waals surface area contributed by atoms with Crippen LogP contribution in [-0.2, 0) is 4.74 Å². The van der Waals surface area contributed by atoms with Gasteiger partial charge in [-0.25, -0.2) is 4.68 Å². The Morgan fingerprint density at radius 1 is 1.54 bits per heavy atom. The first-order valence-electron chi connectivity index (χ1n) is 4.63. The summed E-state index contributed by atoms with van der Waals surface area (Å²) in [6.07, 6.45) is 1.86. The third-order valence-electron chi connectivity index (χ3n) is 2.43. The topological polar surface area (TPSA) is 47.0 Å². The minimum atomic E-state index is 0.0735. The van der Waals surface area contributed by atoms with Crippen LogP contribution in [0.15, 0.2) is 10.9 Å². The molecule has 1 aliphatic rings. The van der Waals surface area contributed by atoms with Crippen molar-refractivity contribution in [1.29, 1.82) is 0 Å². The van der Waals surface area contributed by atoms with Crippen LogP contribution in [0.4, 0.5) is 0 Å². The summed E-state index contributed by atoms with van der Waals surface area (Å²) in [5, 5.41) is 3.06. The molecule has 0 unspecified atom stereocenters. The summed E-state index contributed by atoms with van der Waals surface area (Å²) in [6.45, 7) is 3.42. The predicted molar refractivity (Wildman–Crippen MR) is 48.9 cm³/mol. The monoisotopic (exact) mass is 182 g/mol. The number of hydrogen-bond acceptors (Lipinski definition) is 2. The summed E-state index contributed by atoms with van der Waals surface area (Å²) in [4.78, 5) is 11.4. The lowest BCUT2D eigenvalue weighted by molar-refractivity contribution is 0.0653. The minimum Gasteiger partial charge on any atom is -0.381 e. The van der Waals surface area contributed by atoms with Crippen molar-refractivity contribution in [3.63, 3.8) is 0 Å². The number of nitrogens with one attached hydrogen (secondary N) is 1. The Morgan fingerprint density at radius 2 is 2.23 bits per heavy atom. The van der Waals surface area contributed by atoms with Crippen LogP contribution in [0.5, 0.6) is 0 Å². The molecular weight excluding hydrogens is 168 g/mol. The fraction of sp³-hybridized carbons (Fsp3) is 0.667. The molecule has 1 aromatic rings. The largest absolute Gasteiger partial charge is 0.381 e. The fourth-order valence-corrected chi connectivity index (χ4v) is 1.75. The molecule has 1 aliphatic heterocycles. The van der Waals surface area contributed by atoms with Crippen LogP contribution in [0.2, 0.25) is 0 Å². The Kier molecular flexibility index (Phi) is 2.22. The van der Waals surface area contributed by atoms with E-state index >= 15 is 0 Å². The van der Waals surface area contributed by atoms with Gasteiger partial charge in [-0.15, -0.1) is 0 Å². The summed E-state index contributed by atoms with van der Waals surface area (Å²) < 4.78 is 6.96. The van der Waals surface area contributed by atoms with Crippen molar-refractivity contribution in [3.05, 3.63) is 22.1 Å². The van der Waals surface area contributed by atoms with Crippen molar-refractivity contribution < 1.29 is 4.74 Å². The molecule has 2 rings (SSSR count). The first-order valence-corrected chi connectivity index (χ1v) is 4.63. The van der Waals surface area contributed by atoms with E-state index in [9.17, 15) is 4.79 Å². The maximum Gasteiger partial charge on any atom is 0.266 e. The highest BCUT2D eigenvalue weighted by atomic mass is 16.5. The van der Waals surface area contributed by atoms with Gasteiger partial charge in [-0.05, 0) is 19.8 Å². The summed E-state index contributed by atoms with van der Waals surface area (Å²) in [6, 6.07) is 1.94. The number of ether oxygens (including phenoxy) is 1. The Hall–Kier alpha value is -1.03. The Morgan fingerprint density at radius 3 is 2.77 bits per heavy atom. The number of aromatic nitrogens is 2. The van der Waals surface area contributed by atoms with E-state index < -0.39 is 0 Å². The van der Waals surface area contributed by atoms with Crippen LogP contribution >= 0.6 is 0 Å². The Balaban J connectivity index is 2.23. The first-order chi connectivity index (χ1) is 6.27.